The summed E-state index contributed by atoms with van der Waals surface area (Å²) in [5.41, 5.74) is 8.76. The summed E-state index contributed by atoms with van der Waals surface area (Å²) in [6.07, 6.45) is 0.815. The van der Waals surface area contributed by atoms with Crippen LogP contribution in [0.15, 0.2) is 18.2 Å². The van der Waals surface area contributed by atoms with Crippen LogP contribution in [0, 0.1) is 20.8 Å². The van der Waals surface area contributed by atoms with Gasteiger partial charge in [-0.15, -0.1) is 0 Å². The predicted molar refractivity (Wildman–Crippen MR) is 84.2 cm³/mol. The van der Waals surface area contributed by atoms with Gasteiger partial charge in [-0.05, 0) is 56.0 Å². The third-order valence-electron chi connectivity index (χ3n) is 4.12. The van der Waals surface area contributed by atoms with Gasteiger partial charge in [-0.25, -0.2) is 0 Å². The number of hydrazine groups is 1. The molecule has 21 heavy (non-hydrogen) atoms. The number of hydrogen-bond donors (Lipinski definition) is 2. The van der Waals surface area contributed by atoms with E-state index in [2.05, 4.69) is 30.4 Å². The summed E-state index contributed by atoms with van der Waals surface area (Å²) < 4.78 is 7.17. The summed E-state index contributed by atoms with van der Waals surface area (Å²) in [4.78, 5) is 0. The first-order chi connectivity index (χ1) is 9.97. The van der Waals surface area contributed by atoms with Crippen LogP contribution in [-0.2, 0) is 13.5 Å². The second kappa shape index (κ2) is 6.28. The zero-order valence-electron chi connectivity index (χ0n) is 13.4. The first kappa shape index (κ1) is 15.5. The maximum atomic E-state index is 5.79. The third kappa shape index (κ3) is 3.09. The maximum Gasteiger partial charge on any atom is 0.119 e. The predicted octanol–water partition coefficient (Wildman–Crippen LogP) is 2.10. The molecule has 0 spiro atoms. The van der Waals surface area contributed by atoms with E-state index in [1.54, 1.807) is 7.11 Å². The van der Waals surface area contributed by atoms with Crippen LogP contribution in [0.25, 0.3) is 0 Å². The molecule has 2 aromatic rings. The van der Waals surface area contributed by atoms with Crippen LogP contribution in [0.3, 0.4) is 0 Å². The average Bonchev–Trinajstić information content (AvgIpc) is 2.70. The van der Waals surface area contributed by atoms with Crippen LogP contribution in [-0.4, -0.2) is 16.9 Å². The number of nitrogens with one attached hydrogen (secondary N) is 1. The Kier molecular flexibility index (Phi) is 4.65. The number of aromatic nitrogens is 2. The summed E-state index contributed by atoms with van der Waals surface area (Å²) in [7, 11) is 3.64. The highest BCUT2D eigenvalue weighted by Crippen LogP contribution is 2.26. The highest BCUT2D eigenvalue weighted by atomic mass is 16.5. The van der Waals surface area contributed by atoms with E-state index in [4.69, 9.17) is 10.6 Å². The van der Waals surface area contributed by atoms with E-state index in [0.29, 0.717) is 0 Å². The van der Waals surface area contributed by atoms with Crippen molar-refractivity contribution in [1.82, 2.24) is 15.2 Å². The van der Waals surface area contributed by atoms with E-state index >= 15 is 0 Å². The molecule has 2 rings (SSSR count). The van der Waals surface area contributed by atoms with E-state index in [1.807, 2.05) is 30.8 Å². The third-order valence-corrected chi connectivity index (χ3v) is 4.12. The molecule has 5 nitrogen and oxygen atoms in total. The lowest BCUT2D eigenvalue weighted by Crippen LogP contribution is -2.30. The highest BCUT2D eigenvalue weighted by molar-refractivity contribution is 5.38. The minimum absolute atomic E-state index is 0.0532. The lowest BCUT2D eigenvalue weighted by atomic mass is 9.95. The van der Waals surface area contributed by atoms with E-state index in [0.717, 1.165) is 23.4 Å². The van der Waals surface area contributed by atoms with Gasteiger partial charge in [-0.1, -0.05) is 6.07 Å². The Balaban J connectivity index is 2.32. The smallest absolute Gasteiger partial charge is 0.119 e. The number of methoxy groups -OCH3 is 1. The Hall–Kier alpha value is -1.85. The molecule has 0 fully saturated rings. The van der Waals surface area contributed by atoms with Crippen molar-refractivity contribution in [2.45, 2.75) is 33.2 Å². The summed E-state index contributed by atoms with van der Waals surface area (Å²) in [6.45, 7) is 6.20. The number of nitrogens with two attached hydrogens (primary N) is 1. The highest BCUT2D eigenvalue weighted by Gasteiger charge is 2.18. The van der Waals surface area contributed by atoms with E-state index in [9.17, 15) is 0 Å². The molecule has 1 unspecified atom stereocenters. The Labute approximate surface area is 126 Å². The Morgan fingerprint density at radius 1 is 1.33 bits per heavy atom. The quantitative estimate of drug-likeness (QED) is 0.653. The van der Waals surface area contributed by atoms with Gasteiger partial charge in [0.25, 0.3) is 0 Å². The normalized spacial score (nSPS) is 12.5. The van der Waals surface area contributed by atoms with Gasteiger partial charge >= 0.3 is 0 Å². The minimum Gasteiger partial charge on any atom is -0.497 e. The maximum absolute atomic E-state index is 5.79. The van der Waals surface area contributed by atoms with Crippen molar-refractivity contribution in [2.24, 2.45) is 12.9 Å². The molecule has 114 valence electrons. The molecule has 1 heterocycles. The molecule has 1 atom stereocenters. The minimum atomic E-state index is 0.0532. The zero-order chi connectivity index (χ0) is 15.6. The monoisotopic (exact) mass is 288 g/mol. The molecular formula is C16H24N4O. The van der Waals surface area contributed by atoms with Gasteiger partial charge in [-0.2, -0.15) is 5.10 Å². The summed E-state index contributed by atoms with van der Waals surface area (Å²) >= 11 is 0. The number of nitrogens with zero attached hydrogens (tertiary/aromatic N) is 2. The second-order valence-corrected chi connectivity index (χ2v) is 5.42. The first-order valence-corrected chi connectivity index (χ1v) is 7.07. The van der Waals surface area contributed by atoms with E-state index < -0.39 is 0 Å². The van der Waals surface area contributed by atoms with E-state index in [-0.39, 0.29) is 6.04 Å². The Morgan fingerprint density at radius 2 is 2.05 bits per heavy atom. The van der Waals surface area contributed by atoms with Gasteiger partial charge < -0.3 is 4.74 Å². The van der Waals surface area contributed by atoms with Crippen molar-refractivity contribution < 1.29 is 4.74 Å². The van der Waals surface area contributed by atoms with Crippen LogP contribution in [0.4, 0.5) is 0 Å². The summed E-state index contributed by atoms with van der Waals surface area (Å²) in [6, 6.07) is 6.12. The van der Waals surface area contributed by atoms with Crippen LogP contribution >= 0.6 is 0 Å². The van der Waals surface area contributed by atoms with Gasteiger partial charge in [0.1, 0.15) is 5.75 Å². The fraction of sp³-hybridized carbons (Fsp3) is 0.438. The standard InChI is InChI=1S/C16H24N4O/c1-10-8-13(21-5)6-7-14(10)16(18-17)9-15-11(2)19-20(4)12(15)3/h6-8,16,18H,9,17H2,1-5H3. The van der Waals surface area contributed by atoms with Gasteiger partial charge in [0, 0.05) is 12.7 Å². The molecule has 0 bridgehead atoms. The Bertz CT molecular complexity index is 633. The lowest BCUT2D eigenvalue weighted by molar-refractivity contribution is 0.414. The van der Waals surface area contributed by atoms with Crippen LogP contribution < -0.4 is 16.0 Å². The Morgan fingerprint density at radius 3 is 2.52 bits per heavy atom. The number of aryl methyl sites for hydroxylation is 3. The SMILES string of the molecule is COc1ccc(C(Cc2c(C)nn(C)c2C)NN)c(C)c1. The largest absolute Gasteiger partial charge is 0.497 e. The molecule has 5 heteroatoms. The van der Waals surface area contributed by atoms with Gasteiger partial charge in [0.2, 0.25) is 0 Å². The van der Waals surface area contributed by atoms with Crippen molar-refractivity contribution in [2.75, 3.05) is 7.11 Å². The first-order valence-electron chi connectivity index (χ1n) is 7.07. The average molecular weight is 288 g/mol. The fourth-order valence-electron chi connectivity index (χ4n) is 2.74. The fourth-order valence-corrected chi connectivity index (χ4v) is 2.74. The lowest BCUT2D eigenvalue weighted by Gasteiger charge is -2.19. The second-order valence-electron chi connectivity index (χ2n) is 5.42. The van der Waals surface area contributed by atoms with E-state index in [1.165, 1.54) is 16.8 Å². The summed E-state index contributed by atoms with van der Waals surface area (Å²) in [5, 5.41) is 4.47. The molecule has 3 N–H and O–H groups in total. The molecule has 0 aliphatic heterocycles. The van der Waals surface area contributed by atoms with Crippen molar-refractivity contribution in [3.63, 3.8) is 0 Å². The van der Waals surface area contributed by atoms with Crippen molar-refractivity contribution in [3.8, 4) is 5.75 Å². The zero-order valence-corrected chi connectivity index (χ0v) is 13.4. The van der Waals surface area contributed by atoms with Crippen LogP contribution in [0.5, 0.6) is 5.75 Å². The van der Waals surface area contributed by atoms with Crippen molar-refractivity contribution in [1.29, 1.82) is 0 Å². The molecule has 0 aliphatic carbocycles. The van der Waals surface area contributed by atoms with Crippen LogP contribution in [0.2, 0.25) is 0 Å². The molecule has 0 saturated carbocycles. The molecule has 1 aromatic heterocycles. The molecule has 0 aliphatic rings. The molecule has 1 aromatic carbocycles. The number of ether oxygens (including phenoxy) is 1. The topological polar surface area (TPSA) is 65.1 Å². The van der Waals surface area contributed by atoms with Crippen LogP contribution in [0.1, 0.15) is 34.1 Å². The molecular weight excluding hydrogens is 264 g/mol. The number of hydrogen-bond acceptors (Lipinski definition) is 4. The number of rotatable bonds is 5. The molecule has 0 amide bonds. The van der Waals surface area contributed by atoms with Crippen molar-refractivity contribution >= 4 is 0 Å². The summed E-state index contributed by atoms with van der Waals surface area (Å²) in [5.74, 6) is 6.65. The molecule has 0 radical (unpaired) electrons. The van der Waals surface area contributed by atoms with Crippen molar-refractivity contribution in [3.05, 3.63) is 46.3 Å². The van der Waals surface area contributed by atoms with Gasteiger partial charge in [0.05, 0.1) is 18.8 Å². The van der Waals surface area contributed by atoms with Gasteiger partial charge in [-0.3, -0.25) is 16.0 Å². The van der Waals surface area contributed by atoms with Gasteiger partial charge in [0.15, 0.2) is 0 Å². The number of benzene rings is 1. The molecule has 0 saturated heterocycles.